The Morgan fingerprint density at radius 2 is 1.59 bits per heavy atom. The monoisotopic (exact) mass is 409 g/mol. The summed E-state index contributed by atoms with van der Waals surface area (Å²) >= 11 is 5.96. The summed E-state index contributed by atoms with van der Waals surface area (Å²) in [7, 11) is -4.01. The molecule has 0 aliphatic carbocycles. The van der Waals surface area contributed by atoms with E-state index in [-0.39, 0.29) is 21.3 Å². The molecule has 0 fully saturated rings. The van der Waals surface area contributed by atoms with Crippen LogP contribution in [0.15, 0.2) is 35.2 Å². The van der Waals surface area contributed by atoms with Crippen LogP contribution < -0.4 is 5.14 Å². The van der Waals surface area contributed by atoms with Gasteiger partial charge in [0.2, 0.25) is 15.8 Å². The van der Waals surface area contributed by atoms with Gasteiger partial charge in [-0.1, -0.05) is 17.7 Å². The summed E-state index contributed by atoms with van der Waals surface area (Å²) in [6.45, 7) is 7.09. The molecule has 2 aromatic rings. The molecule has 0 unspecified atom stereocenters. The first kappa shape index (κ1) is 21.1. The van der Waals surface area contributed by atoms with E-state index in [1.54, 1.807) is 13.0 Å². The fraction of sp³-hybridized carbons (Fsp3) is 0.263. The topological polar surface area (TPSA) is 104 Å². The second-order valence-electron chi connectivity index (χ2n) is 6.35. The minimum Gasteiger partial charge on any atom is -0.451 e. The molecule has 2 N–H and O–H groups in total. The highest BCUT2D eigenvalue weighted by atomic mass is 35.5. The molecule has 0 aliphatic rings. The molecule has 0 saturated heterocycles. The first-order valence-corrected chi connectivity index (χ1v) is 9.99. The van der Waals surface area contributed by atoms with Crippen molar-refractivity contribution in [1.82, 2.24) is 0 Å². The number of ketones is 1. The normalized spacial score (nSPS) is 12.5. The lowest BCUT2D eigenvalue weighted by atomic mass is 9.96. The van der Waals surface area contributed by atoms with Gasteiger partial charge in [-0.2, -0.15) is 0 Å². The van der Waals surface area contributed by atoms with Gasteiger partial charge in [0.05, 0.1) is 15.5 Å². The Hall–Kier alpha value is -2.22. The van der Waals surface area contributed by atoms with Crippen molar-refractivity contribution in [1.29, 1.82) is 0 Å². The molecular weight excluding hydrogens is 390 g/mol. The number of halogens is 1. The van der Waals surface area contributed by atoms with Gasteiger partial charge in [0, 0.05) is 5.56 Å². The zero-order chi connectivity index (χ0) is 20.5. The van der Waals surface area contributed by atoms with Crippen molar-refractivity contribution in [2.75, 3.05) is 0 Å². The number of carbonyl (C=O) groups excluding carboxylic acids is 2. The van der Waals surface area contributed by atoms with E-state index in [0.29, 0.717) is 5.56 Å². The predicted octanol–water partition coefficient (Wildman–Crippen LogP) is 3.34. The summed E-state index contributed by atoms with van der Waals surface area (Å²) in [6, 6.07) is 7.09. The molecule has 1 atom stereocenters. The van der Waals surface area contributed by atoms with Gasteiger partial charge in [0.25, 0.3) is 0 Å². The predicted molar refractivity (Wildman–Crippen MR) is 103 cm³/mol. The van der Waals surface area contributed by atoms with E-state index in [2.05, 4.69) is 0 Å². The highest BCUT2D eigenvalue weighted by Gasteiger charge is 2.24. The average molecular weight is 410 g/mol. The SMILES string of the molecule is Cc1cc(C)c(C(=O)[C@H](C)OC(=O)c2cc(S(N)(=O)=O)ccc2Cl)cc1C. The van der Waals surface area contributed by atoms with Crippen molar-refractivity contribution in [3.63, 3.8) is 0 Å². The lowest BCUT2D eigenvalue weighted by molar-refractivity contribution is 0.0318. The van der Waals surface area contributed by atoms with Crippen molar-refractivity contribution in [3.05, 3.63) is 63.2 Å². The molecule has 0 aromatic heterocycles. The maximum atomic E-state index is 12.7. The Morgan fingerprint density at radius 1 is 1.00 bits per heavy atom. The number of ether oxygens (including phenoxy) is 1. The number of Topliss-reactive ketones (excluding diaryl/α,β-unsaturated/α-hetero) is 1. The number of esters is 1. The van der Waals surface area contributed by atoms with Crippen LogP contribution in [-0.4, -0.2) is 26.3 Å². The number of primary sulfonamides is 1. The van der Waals surface area contributed by atoms with Crippen molar-refractivity contribution in [2.24, 2.45) is 5.14 Å². The van der Waals surface area contributed by atoms with E-state index < -0.39 is 22.1 Å². The number of benzene rings is 2. The summed E-state index contributed by atoms with van der Waals surface area (Å²) in [6.07, 6.45) is -1.08. The number of aryl methyl sites for hydroxylation is 3. The quantitative estimate of drug-likeness (QED) is 0.602. The standard InChI is InChI=1S/C19H20ClNO5S/c1-10-7-12(3)15(8-11(10)2)18(22)13(4)26-19(23)16-9-14(27(21,24)25)5-6-17(16)20/h5-9,13H,1-4H3,(H2,21,24,25)/t13-/m0/s1. The second-order valence-corrected chi connectivity index (χ2v) is 8.32. The fourth-order valence-corrected chi connectivity index (χ4v) is 3.29. The van der Waals surface area contributed by atoms with Crippen LogP contribution in [0, 0.1) is 20.8 Å². The van der Waals surface area contributed by atoms with Crippen molar-refractivity contribution in [2.45, 2.75) is 38.7 Å². The van der Waals surface area contributed by atoms with Crippen LogP contribution in [-0.2, 0) is 14.8 Å². The molecular formula is C19H20ClNO5S. The fourth-order valence-electron chi connectivity index (χ4n) is 2.56. The Labute approximate surface area is 163 Å². The number of nitrogens with two attached hydrogens (primary N) is 1. The third-order valence-electron chi connectivity index (χ3n) is 4.25. The number of sulfonamides is 1. The highest BCUT2D eigenvalue weighted by molar-refractivity contribution is 7.89. The van der Waals surface area contributed by atoms with Gasteiger partial charge >= 0.3 is 5.97 Å². The Bertz CT molecular complexity index is 1030. The Kier molecular flexibility index (Phi) is 6.09. The van der Waals surface area contributed by atoms with Crippen LogP contribution in [0.2, 0.25) is 5.02 Å². The van der Waals surface area contributed by atoms with Gasteiger partial charge in [-0.15, -0.1) is 0 Å². The first-order chi connectivity index (χ1) is 12.4. The van der Waals surface area contributed by atoms with E-state index in [4.69, 9.17) is 21.5 Å². The van der Waals surface area contributed by atoms with E-state index in [1.807, 2.05) is 19.9 Å². The molecule has 144 valence electrons. The molecule has 2 rings (SSSR count). The number of hydrogen-bond acceptors (Lipinski definition) is 5. The molecule has 0 spiro atoms. The molecule has 2 aromatic carbocycles. The van der Waals surface area contributed by atoms with Gasteiger partial charge < -0.3 is 4.74 Å². The van der Waals surface area contributed by atoms with Crippen LogP contribution >= 0.6 is 11.6 Å². The molecule has 0 saturated carbocycles. The lowest BCUT2D eigenvalue weighted by Gasteiger charge is -2.16. The molecule has 8 heteroatoms. The third kappa shape index (κ3) is 4.74. The lowest BCUT2D eigenvalue weighted by Crippen LogP contribution is -2.25. The summed E-state index contributed by atoms with van der Waals surface area (Å²) < 4.78 is 28.1. The van der Waals surface area contributed by atoms with Crippen molar-refractivity contribution in [3.8, 4) is 0 Å². The molecule has 27 heavy (non-hydrogen) atoms. The van der Waals surface area contributed by atoms with Crippen LogP contribution in [0.5, 0.6) is 0 Å². The number of hydrogen-bond donors (Lipinski definition) is 1. The summed E-state index contributed by atoms with van der Waals surface area (Å²) in [4.78, 5) is 24.8. The minimum absolute atomic E-state index is 0.00518. The van der Waals surface area contributed by atoms with E-state index in [9.17, 15) is 18.0 Å². The highest BCUT2D eigenvalue weighted by Crippen LogP contribution is 2.23. The van der Waals surface area contributed by atoms with Crippen molar-refractivity contribution < 1.29 is 22.7 Å². The van der Waals surface area contributed by atoms with Crippen LogP contribution in [0.3, 0.4) is 0 Å². The maximum Gasteiger partial charge on any atom is 0.340 e. The Balaban J connectivity index is 2.28. The van der Waals surface area contributed by atoms with Crippen LogP contribution in [0.1, 0.15) is 44.3 Å². The molecule has 0 heterocycles. The molecule has 6 nitrogen and oxygen atoms in total. The zero-order valence-corrected chi connectivity index (χ0v) is 16.9. The number of rotatable bonds is 5. The minimum atomic E-state index is -4.01. The molecule has 0 bridgehead atoms. The van der Waals surface area contributed by atoms with E-state index in [0.717, 1.165) is 22.8 Å². The van der Waals surface area contributed by atoms with E-state index in [1.165, 1.54) is 19.1 Å². The molecule has 0 radical (unpaired) electrons. The van der Waals surface area contributed by atoms with Gasteiger partial charge in [0.15, 0.2) is 6.10 Å². The van der Waals surface area contributed by atoms with E-state index >= 15 is 0 Å². The summed E-state index contributed by atoms with van der Waals surface area (Å²) in [5.74, 6) is -1.27. The number of carbonyl (C=O) groups is 2. The summed E-state index contributed by atoms with van der Waals surface area (Å²) in [5, 5.41) is 5.06. The maximum absolute atomic E-state index is 12.7. The smallest absolute Gasteiger partial charge is 0.340 e. The third-order valence-corrected chi connectivity index (χ3v) is 5.49. The van der Waals surface area contributed by atoms with Crippen molar-refractivity contribution >= 4 is 33.4 Å². The Morgan fingerprint density at radius 3 is 2.19 bits per heavy atom. The van der Waals surface area contributed by atoms with Gasteiger partial charge in [-0.25, -0.2) is 18.4 Å². The van der Waals surface area contributed by atoms with Gasteiger partial charge in [0.1, 0.15) is 0 Å². The van der Waals surface area contributed by atoms with Crippen LogP contribution in [0.4, 0.5) is 0 Å². The van der Waals surface area contributed by atoms with Gasteiger partial charge in [-0.3, -0.25) is 4.79 Å². The second kappa shape index (κ2) is 7.80. The molecule has 0 aliphatic heterocycles. The first-order valence-electron chi connectivity index (χ1n) is 8.07. The van der Waals surface area contributed by atoms with Crippen LogP contribution in [0.25, 0.3) is 0 Å². The largest absolute Gasteiger partial charge is 0.451 e. The molecule has 0 amide bonds. The summed E-state index contributed by atoms with van der Waals surface area (Å²) in [5.41, 5.74) is 3.06. The average Bonchev–Trinajstić information content (AvgIpc) is 2.56. The van der Waals surface area contributed by atoms with Gasteiger partial charge in [-0.05, 0) is 68.7 Å². The zero-order valence-electron chi connectivity index (χ0n) is 15.4.